The van der Waals surface area contributed by atoms with Crippen LogP contribution in [0.5, 0.6) is 0 Å². The van der Waals surface area contributed by atoms with Crippen LogP contribution in [0.15, 0.2) is 0 Å². The molecule has 0 aromatic rings. The van der Waals surface area contributed by atoms with Gasteiger partial charge in [0.05, 0.1) is 0 Å². The van der Waals surface area contributed by atoms with Crippen molar-refractivity contribution in [2.75, 3.05) is 6.54 Å². The Morgan fingerprint density at radius 2 is 1.92 bits per heavy atom. The summed E-state index contributed by atoms with van der Waals surface area (Å²) >= 11 is 0. The Hall–Kier alpha value is -0.570. The first-order chi connectivity index (χ1) is 6.27. The van der Waals surface area contributed by atoms with Crippen LogP contribution in [0.2, 0.25) is 0 Å². The summed E-state index contributed by atoms with van der Waals surface area (Å²) in [6.07, 6.45) is 6.24. The highest BCUT2D eigenvalue weighted by molar-refractivity contribution is 5.78. The molecule has 0 atom stereocenters. The molecule has 2 rings (SSSR count). The quantitative estimate of drug-likeness (QED) is 0.654. The molecular formula is C10H18N2O. The zero-order valence-corrected chi connectivity index (χ0v) is 8.04. The number of nitrogens with zero attached hydrogens (tertiary/aromatic N) is 1. The largest absolute Gasteiger partial charge is 0.340 e. The predicted molar refractivity (Wildman–Crippen MR) is 51.2 cm³/mol. The van der Waals surface area contributed by atoms with E-state index in [1.807, 2.05) is 0 Å². The van der Waals surface area contributed by atoms with Gasteiger partial charge in [0.25, 0.3) is 0 Å². The molecule has 1 heterocycles. The fraction of sp³-hybridized carbons (Fsp3) is 0.900. The van der Waals surface area contributed by atoms with Crippen LogP contribution < -0.4 is 5.73 Å². The number of hydrogen-bond acceptors (Lipinski definition) is 2. The summed E-state index contributed by atoms with van der Waals surface area (Å²) in [7, 11) is 0. The lowest BCUT2D eigenvalue weighted by molar-refractivity contribution is -0.130. The molecule has 0 spiro atoms. The molecule has 1 saturated heterocycles. The number of carbonyl (C=O) groups excluding carboxylic acids is 1. The predicted octanol–water partition coefficient (Wildman–Crippen LogP) is 0.879. The Labute approximate surface area is 79.3 Å². The van der Waals surface area contributed by atoms with Gasteiger partial charge in [-0.15, -0.1) is 0 Å². The minimum atomic E-state index is 0.362. The molecule has 3 nitrogen and oxygen atoms in total. The van der Waals surface area contributed by atoms with Gasteiger partial charge in [-0.3, -0.25) is 4.79 Å². The maximum atomic E-state index is 11.4. The highest BCUT2D eigenvalue weighted by Crippen LogP contribution is 2.25. The van der Waals surface area contributed by atoms with Gasteiger partial charge in [-0.25, -0.2) is 0 Å². The fourth-order valence-corrected chi connectivity index (χ4v) is 2.47. The summed E-state index contributed by atoms with van der Waals surface area (Å²) in [5.74, 6) is 0.362. The monoisotopic (exact) mass is 182 g/mol. The van der Waals surface area contributed by atoms with Gasteiger partial charge in [0.1, 0.15) is 0 Å². The summed E-state index contributed by atoms with van der Waals surface area (Å²) in [6.45, 7) is 0.985. The second-order valence-electron chi connectivity index (χ2n) is 4.26. The number of hydrogen-bond donors (Lipinski definition) is 1. The van der Waals surface area contributed by atoms with Gasteiger partial charge in [-0.2, -0.15) is 0 Å². The second-order valence-corrected chi connectivity index (χ2v) is 4.26. The SMILES string of the molecule is NC1CCC(N2CCCC2=O)CC1. The number of nitrogens with two attached hydrogens (primary N) is 1. The van der Waals surface area contributed by atoms with E-state index in [-0.39, 0.29) is 0 Å². The second kappa shape index (κ2) is 3.66. The van der Waals surface area contributed by atoms with Gasteiger partial charge in [0.2, 0.25) is 5.91 Å². The first-order valence-electron chi connectivity index (χ1n) is 5.32. The Morgan fingerprint density at radius 3 is 2.46 bits per heavy atom. The average Bonchev–Trinajstić information content (AvgIpc) is 2.53. The van der Waals surface area contributed by atoms with Crippen molar-refractivity contribution in [3.8, 4) is 0 Å². The molecule has 0 unspecified atom stereocenters. The lowest BCUT2D eigenvalue weighted by Crippen LogP contribution is -2.41. The van der Waals surface area contributed by atoms with E-state index in [9.17, 15) is 4.79 Å². The summed E-state index contributed by atoms with van der Waals surface area (Å²) in [5, 5.41) is 0. The van der Waals surface area contributed by atoms with E-state index < -0.39 is 0 Å². The van der Waals surface area contributed by atoms with E-state index in [0.717, 1.165) is 45.1 Å². The number of likely N-dealkylation sites (tertiary alicyclic amines) is 1. The van der Waals surface area contributed by atoms with Gasteiger partial charge in [-0.1, -0.05) is 0 Å². The van der Waals surface area contributed by atoms with Crippen LogP contribution >= 0.6 is 0 Å². The van der Waals surface area contributed by atoms with E-state index in [4.69, 9.17) is 5.73 Å². The van der Waals surface area contributed by atoms with Crippen LogP contribution in [0.25, 0.3) is 0 Å². The smallest absolute Gasteiger partial charge is 0.222 e. The van der Waals surface area contributed by atoms with Crippen molar-refractivity contribution >= 4 is 5.91 Å². The molecule has 1 aliphatic carbocycles. The van der Waals surface area contributed by atoms with Gasteiger partial charge in [-0.05, 0) is 32.1 Å². The molecule has 1 amide bonds. The molecule has 2 aliphatic rings. The Bertz CT molecular complexity index is 197. The summed E-state index contributed by atoms with van der Waals surface area (Å²) in [4.78, 5) is 13.5. The number of carbonyl (C=O) groups is 1. The first kappa shape index (κ1) is 9.00. The normalized spacial score (nSPS) is 35.5. The fourth-order valence-electron chi connectivity index (χ4n) is 2.47. The molecular weight excluding hydrogens is 164 g/mol. The lowest BCUT2D eigenvalue weighted by Gasteiger charge is -2.33. The molecule has 0 aromatic carbocycles. The van der Waals surface area contributed by atoms with Crippen LogP contribution in [0, 0.1) is 0 Å². The van der Waals surface area contributed by atoms with Crippen molar-refractivity contribution < 1.29 is 4.79 Å². The van der Waals surface area contributed by atoms with Gasteiger partial charge in [0.15, 0.2) is 0 Å². The molecule has 1 aliphatic heterocycles. The van der Waals surface area contributed by atoms with Crippen molar-refractivity contribution in [1.29, 1.82) is 0 Å². The topological polar surface area (TPSA) is 46.3 Å². The molecule has 3 heteroatoms. The van der Waals surface area contributed by atoms with E-state index in [0.29, 0.717) is 18.0 Å². The minimum Gasteiger partial charge on any atom is -0.340 e. The van der Waals surface area contributed by atoms with E-state index in [2.05, 4.69) is 4.90 Å². The molecule has 0 aromatic heterocycles. The molecule has 0 radical (unpaired) electrons. The van der Waals surface area contributed by atoms with Crippen molar-refractivity contribution in [1.82, 2.24) is 4.90 Å². The van der Waals surface area contributed by atoms with Crippen LogP contribution in [-0.2, 0) is 4.79 Å². The third-order valence-corrected chi connectivity index (χ3v) is 3.29. The zero-order valence-electron chi connectivity index (χ0n) is 8.04. The summed E-state index contributed by atoms with van der Waals surface area (Å²) in [5.41, 5.74) is 5.83. The average molecular weight is 182 g/mol. The third kappa shape index (κ3) is 1.85. The van der Waals surface area contributed by atoms with Crippen molar-refractivity contribution in [2.45, 2.75) is 50.6 Å². The van der Waals surface area contributed by atoms with Gasteiger partial charge in [0, 0.05) is 25.0 Å². The zero-order chi connectivity index (χ0) is 9.26. The van der Waals surface area contributed by atoms with Gasteiger partial charge >= 0.3 is 0 Å². The Kier molecular flexibility index (Phi) is 2.54. The lowest BCUT2D eigenvalue weighted by atomic mass is 9.91. The van der Waals surface area contributed by atoms with Crippen LogP contribution in [0.3, 0.4) is 0 Å². The standard InChI is InChI=1S/C10H18N2O/c11-8-3-5-9(6-4-8)12-7-1-2-10(12)13/h8-9H,1-7,11H2. The molecule has 1 saturated carbocycles. The number of rotatable bonds is 1. The van der Waals surface area contributed by atoms with Crippen LogP contribution in [0.1, 0.15) is 38.5 Å². The van der Waals surface area contributed by atoms with E-state index in [1.54, 1.807) is 0 Å². The summed E-state index contributed by atoms with van der Waals surface area (Å²) in [6, 6.07) is 0.892. The highest BCUT2D eigenvalue weighted by atomic mass is 16.2. The molecule has 2 N–H and O–H groups in total. The third-order valence-electron chi connectivity index (χ3n) is 3.29. The maximum absolute atomic E-state index is 11.4. The van der Waals surface area contributed by atoms with Crippen molar-refractivity contribution in [3.05, 3.63) is 0 Å². The molecule has 2 fully saturated rings. The van der Waals surface area contributed by atoms with Crippen molar-refractivity contribution in [2.24, 2.45) is 5.73 Å². The summed E-state index contributed by atoms with van der Waals surface area (Å²) < 4.78 is 0. The molecule has 0 bridgehead atoms. The van der Waals surface area contributed by atoms with E-state index in [1.165, 1.54) is 0 Å². The maximum Gasteiger partial charge on any atom is 0.222 e. The Morgan fingerprint density at radius 1 is 1.23 bits per heavy atom. The van der Waals surface area contributed by atoms with Crippen LogP contribution in [0.4, 0.5) is 0 Å². The first-order valence-corrected chi connectivity index (χ1v) is 5.32. The van der Waals surface area contributed by atoms with E-state index >= 15 is 0 Å². The molecule has 13 heavy (non-hydrogen) atoms. The Balaban J connectivity index is 1.90. The number of amides is 1. The van der Waals surface area contributed by atoms with Crippen LogP contribution in [-0.4, -0.2) is 29.4 Å². The van der Waals surface area contributed by atoms with Gasteiger partial charge < -0.3 is 10.6 Å². The highest BCUT2D eigenvalue weighted by Gasteiger charge is 2.30. The molecule has 74 valence electrons. The minimum absolute atomic E-state index is 0.362. The van der Waals surface area contributed by atoms with Crippen molar-refractivity contribution in [3.63, 3.8) is 0 Å².